The number of amides is 1. The Labute approximate surface area is 97.2 Å². The second-order valence-electron chi connectivity index (χ2n) is 3.18. The molecule has 0 saturated heterocycles. The Kier molecular flexibility index (Phi) is 4.27. The van der Waals surface area contributed by atoms with Gasteiger partial charge < -0.3 is 4.90 Å². The van der Waals surface area contributed by atoms with Crippen LogP contribution in [0.3, 0.4) is 0 Å². The van der Waals surface area contributed by atoms with Crippen molar-refractivity contribution in [1.29, 1.82) is 0 Å². The van der Waals surface area contributed by atoms with E-state index in [4.69, 9.17) is 0 Å². The second-order valence-corrected chi connectivity index (χ2v) is 4.55. The van der Waals surface area contributed by atoms with Gasteiger partial charge in [0.1, 0.15) is 5.82 Å². The summed E-state index contributed by atoms with van der Waals surface area (Å²) >= 11 is 3.21. The van der Waals surface area contributed by atoms with Crippen LogP contribution in [-0.2, 0) is 4.79 Å². The predicted molar refractivity (Wildman–Crippen MR) is 62.8 cm³/mol. The highest BCUT2D eigenvalue weighted by molar-refractivity contribution is 9.10. The van der Waals surface area contributed by atoms with Gasteiger partial charge in [-0.15, -0.1) is 0 Å². The van der Waals surface area contributed by atoms with E-state index >= 15 is 0 Å². The highest BCUT2D eigenvalue weighted by atomic mass is 79.9. The molecule has 1 aromatic rings. The van der Waals surface area contributed by atoms with E-state index in [1.165, 1.54) is 12.1 Å². The first-order valence-corrected chi connectivity index (χ1v) is 5.68. The van der Waals surface area contributed by atoms with E-state index < -0.39 is 0 Å². The maximum Gasteiger partial charge on any atom is 0.240 e. The number of anilines is 1. The number of hydrogen-bond acceptors (Lipinski definition) is 1. The molecule has 0 bridgehead atoms. The van der Waals surface area contributed by atoms with Crippen molar-refractivity contribution in [3.05, 3.63) is 30.1 Å². The average molecular weight is 274 g/mol. The fourth-order valence-electron chi connectivity index (χ4n) is 1.32. The lowest BCUT2D eigenvalue weighted by Crippen LogP contribution is -2.35. The van der Waals surface area contributed by atoms with Crippen LogP contribution in [0.25, 0.3) is 0 Å². The maximum absolute atomic E-state index is 13.0. The summed E-state index contributed by atoms with van der Waals surface area (Å²) in [5.74, 6) is -0.399. The van der Waals surface area contributed by atoms with Gasteiger partial charge in [0, 0.05) is 12.2 Å². The molecule has 15 heavy (non-hydrogen) atoms. The molecule has 0 aromatic heterocycles. The summed E-state index contributed by atoms with van der Waals surface area (Å²) in [6, 6.07) is 6.04. The predicted octanol–water partition coefficient (Wildman–Crippen LogP) is 2.96. The molecule has 1 rings (SSSR count). The van der Waals surface area contributed by atoms with Gasteiger partial charge >= 0.3 is 0 Å². The van der Waals surface area contributed by atoms with Crippen molar-refractivity contribution in [1.82, 2.24) is 0 Å². The van der Waals surface area contributed by atoms with Crippen molar-refractivity contribution in [2.45, 2.75) is 18.7 Å². The van der Waals surface area contributed by atoms with Crippen LogP contribution in [0.4, 0.5) is 10.1 Å². The van der Waals surface area contributed by atoms with Crippen molar-refractivity contribution in [3.8, 4) is 0 Å². The number of carbonyl (C=O) groups is 1. The molecule has 0 aliphatic heterocycles. The highest BCUT2D eigenvalue weighted by Crippen LogP contribution is 2.17. The van der Waals surface area contributed by atoms with Crippen LogP contribution < -0.4 is 4.90 Å². The average Bonchev–Trinajstić information content (AvgIpc) is 2.18. The van der Waals surface area contributed by atoms with Gasteiger partial charge in [-0.05, 0) is 32.0 Å². The Hall–Kier alpha value is -0.900. The zero-order valence-electron chi connectivity index (χ0n) is 8.71. The maximum atomic E-state index is 13.0. The Bertz CT molecular complexity index is 354. The van der Waals surface area contributed by atoms with Crippen molar-refractivity contribution in [2.24, 2.45) is 0 Å². The zero-order valence-corrected chi connectivity index (χ0v) is 10.3. The number of benzene rings is 1. The number of alkyl halides is 1. The quantitative estimate of drug-likeness (QED) is 0.776. The fraction of sp³-hybridized carbons (Fsp3) is 0.364. The highest BCUT2D eigenvalue weighted by Gasteiger charge is 2.18. The van der Waals surface area contributed by atoms with Gasteiger partial charge in [-0.3, -0.25) is 4.79 Å². The molecule has 1 aromatic carbocycles. The van der Waals surface area contributed by atoms with E-state index in [2.05, 4.69) is 15.9 Å². The molecule has 2 nitrogen and oxygen atoms in total. The minimum atomic E-state index is -0.332. The summed E-state index contributed by atoms with van der Waals surface area (Å²) in [7, 11) is 0. The van der Waals surface area contributed by atoms with Crippen LogP contribution >= 0.6 is 15.9 Å². The molecule has 1 amide bonds. The lowest BCUT2D eigenvalue weighted by Gasteiger charge is -2.22. The minimum Gasteiger partial charge on any atom is -0.312 e. The van der Waals surface area contributed by atoms with E-state index in [1.807, 2.05) is 6.92 Å². The molecule has 0 radical (unpaired) electrons. The van der Waals surface area contributed by atoms with Gasteiger partial charge in [-0.2, -0.15) is 0 Å². The molecule has 0 heterocycles. The van der Waals surface area contributed by atoms with Gasteiger partial charge in [0.2, 0.25) is 5.91 Å². The first-order valence-electron chi connectivity index (χ1n) is 4.77. The topological polar surface area (TPSA) is 20.3 Å². The smallest absolute Gasteiger partial charge is 0.240 e. The van der Waals surface area contributed by atoms with Gasteiger partial charge in [-0.1, -0.05) is 22.0 Å². The van der Waals surface area contributed by atoms with Crippen LogP contribution in [0.5, 0.6) is 0 Å². The number of hydrogen-bond donors (Lipinski definition) is 0. The van der Waals surface area contributed by atoms with Gasteiger partial charge in [0.25, 0.3) is 0 Å². The summed E-state index contributed by atoms with van der Waals surface area (Å²) in [6.45, 7) is 4.14. The normalized spacial score (nSPS) is 12.3. The van der Waals surface area contributed by atoms with E-state index in [0.29, 0.717) is 12.2 Å². The van der Waals surface area contributed by atoms with Crippen LogP contribution in [-0.4, -0.2) is 17.3 Å². The molecule has 0 saturated carbocycles. The Morgan fingerprint density at radius 2 is 2.27 bits per heavy atom. The minimum absolute atomic E-state index is 0.0666. The van der Waals surface area contributed by atoms with Crippen LogP contribution in [0.15, 0.2) is 24.3 Å². The van der Waals surface area contributed by atoms with E-state index in [0.717, 1.165) is 0 Å². The van der Waals surface area contributed by atoms with E-state index in [1.54, 1.807) is 24.0 Å². The van der Waals surface area contributed by atoms with Crippen LogP contribution in [0.1, 0.15) is 13.8 Å². The van der Waals surface area contributed by atoms with Gasteiger partial charge in [0.05, 0.1) is 4.83 Å². The first-order chi connectivity index (χ1) is 7.06. The lowest BCUT2D eigenvalue weighted by molar-refractivity contribution is -0.117. The molecule has 0 aliphatic carbocycles. The fourth-order valence-corrected chi connectivity index (χ4v) is 1.57. The second kappa shape index (κ2) is 5.26. The van der Waals surface area contributed by atoms with Crippen molar-refractivity contribution < 1.29 is 9.18 Å². The first kappa shape index (κ1) is 12.2. The van der Waals surface area contributed by atoms with E-state index in [-0.39, 0.29) is 16.6 Å². The molecular weight excluding hydrogens is 261 g/mol. The summed E-state index contributed by atoms with van der Waals surface area (Å²) in [5, 5.41) is 0. The number of halogens is 2. The molecule has 82 valence electrons. The molecular formula is C11H13BrFNO. The summed E-state index contributed by atoms with van der Waals surface area (Å²) < 4.78 is 13.0. The molecule has 0 aliphatic rings. The number of carbonyl (C=O) groups excluding carboxylic acids is 1. The monoisotopic (exact) mass is 273 g/mol. The summed E-state index contributed by atoms with van der Waals surface area (Å²) in [4.78, 5) is 13.0. The molecule has 0 fully saturated rings. The third-order valence-electron chi connectivity index (χ3n) is 2.04. The Morgan fingerprint density at radius 3 is 2.73 bits per heavy atom. The third kappa shape index (κ3) is 3.02. The third-order valence-corrected chi connectivity index (χ3v) is 2.43. The number of nitrogens with zero attached hydrogens (tertiary/aromatic N) is 1. The standard InChI is InChI=1S/C11H13BrFNO/c1-3-14(11(15)8(2)12)10-6-4-5-9(13)7-10/h4-8H,3H2,1-2H3. The van der Waals surface area contributed by atoms with Crippen molar-refractivity contribution >= 4 is 27.5 Å². The van der Waals surface area contributed by atoms with Crippen molar-refractivity contribution in [3.63, 3.8) is 0 Å². The van der Waals surface area contributed by atoms with Gasteiger partial charge in [0.15, 0.2) is 0 Å². The molecule has 0 N–H and O–H groups in total. The Balaban J connectivity index is 2.97. The van der Waals surface area contributed by atoms with Crippen LogP contribution in [0.2, 0.25) is 0 Å². The van der Waals surface area contributed by atoms with E-state index in [9.17, 15) is 9.18 Å². The molecule has 1 unspecified atom stereocenters. The summed E-state index contributed by atoms with van der Waals surface area (Å²) in [5.41, 5.74) is 0.591. The summed E-state index contributed by atoms with van der Waals surface area (Å²) in [6.07, 6.45) is 0. The number of rotatable bonds is 3. The largest absolute Gasteiger partial charge is 0.312 e. The van der Waals surface area contributed by atoms with Crippen molar-refractivity contribution in [2.75, 3.05) is 11.4 Å². The van der Waals surface area contributed by atoms with Gasteiger partial charge in [-0.25, -0.2) is 4.39 Å². The SMILES string of the molecule is CCN(C(=O)C(C)Br)c1cccc(F)c1. The lowest BCUT2D eigenvalue weighted by atomic mass is 10.2. The van der Waals surface area contributed by atoms with Crippen LogP contribution in [0, 0.1) is 5.82 Å². The zero-order chi connectivity index (χ0) is 11.4. The molecule has 0 spiro atoms. The molecule has 1 atom stereocenters. The molecule has 4 heteroatoms. The Morgan fingerprint density at radius 1 is 1.60 bits per heavy atom.